The van der Waals surface area contributed by atoms with E-state index in [0.717, 1.165) is 13.2 Å². The first-order valence-electron chi connectivity index (χ1n) is 3.68. The van der Waals surface area contributed by atoms with Gasteiger partial charge in [0.1, 0.15) is 0 Å². The summed E-state index contributed by atoms with van der Waals surface area (Å²) < 4.78 is 8.95. The predicted molar refractivity (Wildman–Crippen MR) is 50.2 cm³/mol. The van der Waals surface area contributed by atoms with Crippen molar-refractivity contribution < 1.29 is 29.6 Å². The molecule has 0 aliphatic carbocycles. The van der Waals surface area contributed by atoms with Crippen LogP contribution in [0.25, 0.3) is 0 Å². The maximum Gasteiger partial charge on any atom is 0.327 e. The molecule has 0 fully saturated rings. The first-order valence-corrected chi connectivity index (χ1v) is 4.84. The van der Waals surface area contributed by atoms with Crippen LogP contribution in [0.15, 0.2) is 0 Å². The number of aliphatic hydroxyl groups is 1. The highest BCUT2D eigenvalue weighted by atomic mass is 31.2. The molecule has 5 N–H and O–H groups in total. The predicted octanol–water partition coefficient (Wildman–Crippen LogP) is -0.575. The van der Waals surface area contributed by atoms with Gasteiger partial charge in [-0.2, -0.15) is 0 Å². The lowest BCUT2D eigenvalue weighted by Crippen LogP contribution is -1.92. The topological polar surface area (TPSA) is 111 Å². The zero-order chi connectivity index (χ0) is 9.82. The van der Waals surface area contributed by atoms with E-state index < -0.39 is 8.60 Å². The van der Waals surface area contributed by atoms with Crippen LogP contribution in [0.3, 0.4) is 0 Å². The van der Waals surface area contributed by atoms with Gasteiger partial charge >= 0.3 is 8.60 Å². The fourth-order valence-corrected chi connectivity index (χ4v) is 0.572. The summed E-state index contributed by atoms with van der Waals surface area (Å²) in [5.41, 5.74) is 0. The molecular weight excluding hydrogens is 199 g/mol. The lowest BCUT2D eigenvalue weighted by Gasteiger charge is -1.97. The quantitative estimate of drug-likeness (QED) is 0.535. The minimum Gasteiger partial charge on any atom is -0.412 e. The van der Waals surface area contributed by atoms with Crippen LogP contribution in [0.5, 0.6) is 0 Å². The highest BCUT2D eigenvalue weighted by molar-refractivity contribution is 7.39. The van der Waals surface area contributed by atoms with E-state index in [9.17, 15) is 0 Å². The molecule has 13 heavy (non-hydrogen) atoms. The zero-order valence-electron chi connectivity index (χ0n) is 7.93. The smallest absolute Gasteiger partial charge is 0.327 e. The minimum atomic E-state index is -2.27. The number of aliphatic hydroxyl groups excluding tert-OH is 1. The van der Waals surface area contributed by atoms with Crippen molar-refractivity contribution >= 4 is 8.60 Å². The van der Waals surface area contributed by atoms with Gasteiger partial charge in [0.25, 0.3) is 0 Å². The van der Waals surface area contributed by atoms with Gasteiger partial charge in [0.2, 0.25) is 0 Å². The average Bonchev–Trinajstić information content (AvgIpc) is 2.03. The highest BCUT2D eigenvalue weighted by Crippen LogP contribution is 2.22. The molecule has 0 aromatic heterocycles. The molecule has 0 amide bonds. The second-order valence-corrected chi connectivity index (χ2v) is 2.35. The average molecular weight is 218 g/mol. The fraction of sp³-hybridized carbons (Fsp3) is 1.00. The Morgan fingerprint density at radius 1 is 1.15 bits per heavy atom. The Morgan fingerprint density at radius 2 is 1.62 bits per heavy atom. The SMILES string of the molecule is CCOCC.O.OCCOP(O)O. The molecule has 84 valence electrons. The van der Waals surface area contributed by atoms with E-state index in [1.54, 1.807) is 0 Å². The van der Waals surface area contributed by atoms with Crippen molar-refractivity contribution in [2.24, 2.45) is 0 Å². The Balaban J connectivity index is -0.000000150. The largest absolute Gasteiger partial charge is 0.412 e. The molecule has 0 bridgehead atoms. The monoisotopic (exact) mass is 218 g/mol. The Morgan fingerprint density at radius 3 is 1.69 bits per heavy atom. The van der Waals surface area contributed by atoms with Crippen molar-refractivity contribution in [2.45, 2.75) is 13.8 Å². The fourth-order valence-electron chi connectivity index (χ4n) is 0.327. The number of hydrogen-bond acceptors (Lipinski definition) is 5. The van der Waals surface area contributed by atoms with Crippen LogP contribution in [0.4, 0.5) is 0 Å². The molecule has 7 heteroatoms. The van der Waals surface area contributed by atoms with Crippen molar-refractivity contribution in [3.63, 3.8) is 0 Å². The summed E-state index contributed by atoms with van der Waals surface area (Å²) in [6.07, 6.45) is 0. The van der Waals surface area contributed by atoms with Crippen LogP contribution in [0.1, 0.15) is 13.8 Å². The molecule has 0 rings (SSSR count). The van der Waals surface area contributed by atoms with Crippen molar-refractivity contribution in [2.75, 3.05) is 26.4 Å². The van der Waals surface area contributed by atoms with Crippen LogP contribution in [-0.2, 0) is 9.26 Å². The molecule has 0 unspecified atom stereocenters. The van der Waals surface area contributed by atoms with Crippen molar-refractivity contribution in [1.82, 2.24) is 0 Å². The van der Waals surface area contributed by atoms with E-state index in [-0.39, 0.29) is 18.7 Å². The van der Waals surface area contributed by atoms with Crippen molar-refractivity contribution in [1.29, 1.82) is 0 Å². The summed E-state index contributed by atoms with van der Waals surface area (Å²) >= 11 is 0. The van der Waals surface area contributed by atoms with E-state index in [2.05, 4.69) is 4.52 Å². The molecule has 0 spiro atoms. The Kier molecular flexibility index (Phi) is 26.2. The van der Waals surface area contributed by atoms with E-state index >= 15 is 0 Å². The summed E-state index contributed by atoms with van der Waals surface area (Å²) in [6, 6.07) is 0. The van der Waals surface area contributed by atoms with Crippen molar-refractivity contribution in [3.05, 3.63) is 0 Å². The second-order valence-electron chi connectivity index (χ2n) is 1.59. The number of hydrogen-bond donors (Lipinski definition) is 3. The summed E-state index contributed by atoms with van der Waals surface area (Å²) in [7, 11) is -2.27. The van der Waals surface area contributed by atoms with Gasteiger partial charge in [-0.15, -0.1) is 0 Å². The normalized spacial score (nSPS) is 8.77. The molecule has 6 nitrogen and oxygen atoms in total. The van der Waals surface area contributed by atoms with E-state index in [0.29, 0.717) is 0 Å². The number of ether oxygens (including phenoxy) is 1. The summed E-state index contributed by atoms with van der Waals surface area (Å²) in [4.78, 5) is 15.9. The highest BCUT2D eigenvalue weighted by Gasteiger charge is 1.94. The van der Waals surface area contributed by atoms with Gasteiger partial charge in [-0.05, 0) is 13.8 Å². The standard InChI is InChI=1S/C4H10O.C2H7O4P.H2O/c1-3-5-4-2;3-1-2-6-7(4)5;/h3-4H2,1-2H3;3-5H,1-2H2;1H2. The third-order valence-corrected chi connectivity index (χ3v) is 1.12. The molecule has 0 aliphatic heterocycles. The van der Waals surface area contributed by atoms with E-state index in [1.165, 1.54) is 0 Å². The van der Waals surface area contributed by atoms with Gasteiger partial charge in [-0.25, -0.2) is 0 Å². The molecule has 0 aromatic carbocycles. The third kappa shape index (κ3) is 33.0. The van der Waals surface area contributed by atoms with Gasteiger partial charge in [0.15, 0.2) is 0 Å². The molecule has 0 aliphatic rings. The van der Waals surface area contributed by atoms with E-state index in [1.807, 2.05) is 13.8 Å². The summed E-state index contributed by atoms with van der Waals surface area (Å²) in [5.74, 6) is 0. The van der Waals surface area contributed by atoms with Gasteiger partial charge in [0.05, 0.1) is 13.2 Å². The van der Waals surface area contributed by atoms with Gasteiger partial charge in [0, 0.05) is 13.2 Å². The third-order valence-electron chi connectivity index (χ3n) is 0.706. The zero-order valence-corrected chi connectivity index (χ0v) is 8.83. The Labute approximate surface area is 79.4 Å². The molecule has 0 saturated carbocycles. The maximum atomic E-state index is 7.98. The maximum absolute atomic E-state index is 7.98. The first-order chi connectivity index (χ1) is 5.68. The van der Waals surface area contributed by atoms with Gasteiger partial charge < -0.3 is 29.6 Å². The Bertz CT molecular complexity index is 70.1. The number of rotatable bonds is 5. The van der Waals surface area contributed by atoms with Crippen LogP contribution in [-0.4, -0.2) is 46.8 Å². The van der Waals surface area contributed by atoms with Gasteiger partial charge in [-0.1, -0.05) is 0 Å². The Hall–Kier alpha value is 0.190. The second kappa shape index (κ2) is 18.1. The van der Waals surface area contributed by atoms with Crippen LogP contribution < -0.4 is 0 Å². The minimum absolute atomic E-state index is 0. The molecule has 0 atom stereocenters. The molecule has 0 radical (unpaired) electrons. The van der Waals surface area contributed by atoms with E-state index in [4.69, 9.17) is 19.6 Å². The van der Waals surface area contributed by atoms with Crippen LogP contribution in [0.2, 0.25) is 0 Å². The van der Waals surface area contributed by atoms with Gasteiger partial charge in [-0.3, -0.25) is 0 Å². The molecule has 0 saturated heterocycles. The molecular formula is C6H19O6P. The summed E-state index contributed by atoms with van der Waals surface area (Å²) in [5, 5.41) is 7.98. The lowest BCUT2D eigenvalue weighted by molar-refractivity contribution is 0.162. The molecule has 0 aromatic rings. The lowest BCUT2D eigenvalue weighted by atomic mass is 10.8. The summed E-state index contributed by atoms with van der Waals surface area (Å²) in [6.45, 7) is 5.47. The van der Waals surface area contributed by atoms with Crippen LogP contribution >= 0.6 is 8.60 Å². The van der Waals surface area contributed by atoms with Crippen LogP contribution in [0, 0.1) is 0 Å². The van der Waals surface area contributed by atoms with Crippen molar-refractivity contribution in [3.8, 4) is 0 Å². The first kappa shape index (κ1) is 18.9. The molecule has 0 heterocycles.